The number of amides is 1. The van der Waals surface area contributed by atoms with Crippen molar-refractivity contribution in [3.63, 3.8) is 0 Å². The van der Waals surface area contributed by atoms with E-state index in [1.54, 1.807) is 24.8 Å². The number of nitriles is 1. The lowest BCUT2D eigenvalue weighted by Gasteiger charge is -2.32. The largest absolute Gasteiger partial charge is 0.357 e. The number of piperidine rings is 1. The van der Waals surface area contributed by atoms with E-state index in [-0.39, 0.29) is 11.8 Å². The smallest absolute Gasteiger partial charge is 0.223 e. The third-order valence-corrected chi connectivity index (χ3v) is 4.30. The summed E-state index contributed by atoms with van der Waals surface area (Å²) in [6.45, 7) is 2.96. The summed E-state index contributed by atoms with van der Waals surface area (Å²) in [5, 5.41) is 11.8. The molecule has 7 nitrogen and oxygen atoms in total. The van der Waals surface area contributed by atoms with Gasteiger partial charge in [-0.3, -0.25) is 4.79 Å². The van der Waals surface area contributed by atoms with Gasteiger partial charge in [0.2, 0.25) is 5.91 Å². The third kappa shape index (κ3) is 3.90. The minimum Gasteiger partial charge on any atom is -0.357 e. The van der Waals surface area contributed by atoms with E-state index in [1.165, 1.54) is 0 Å². The predicted octanol–water partition coefficient (Wildman–Crippen LogP) is 1.18. The summed E-state index contributed by atoms with van der Waals surface area (Å²) in [6.07, 6.45) is 8.58. The minimum atomic E-state index is 0.0578. The van der Waals surface area contributed by atoms with Crippen LogP contribution < -0.4 is 10.2 Å². The van der Waals surface area contributed by atoms with Crippen molar-refractivity contribution in [3.05, 3.63) is 42.6 Å². The van der Waals surface area contributed by atoms with Crippen LogP contribution in [-0.4, -0.2) is 40.1 Å². The lowest BCUT2D eigenvalue weighted by atomic mass is 9.96. The number of carbonyl (C=O) groups excluding carboxylic acids is 1. The molecule has 1 aliphatic rings. The first-order valence-corrected chi connectivity index (χ1v) is 8.11. The molecule has 0 unspecified atom stereocenters. The molecule has 0 saturated carbocycles. The van der Waals surface area contributed by atoms with Crippen LogP contribution in [0.25, 0.3) is 0 Å². The summed E-state index contributed by atoms with van der Waals surface area (Å²) in [6, 6.07) is 5.71. The molecule has 2 aromatic rings. The van der Waals surface area contributed by atoms with E-state index in [1.807, 2.05) is 16.8 Å². The Hall–Kier alpha value is -2.88. The summed E-state index contributed by atoms with van der Waals surface area (Å²) in [7, 11) is 0. The normalized spacial score (nSPS) is 15.0. The van der Waals surface area contributed by atoms with Gasteiger partial charge in [-0.1, -0.05) is 0 Å². The van der Waals surface area contributed by atoms with Crippen molar-refractivity contribution in [1.29, 1.82) is 5.26 Å². The van der Waals surface area contributed by atoms with Crippen LogP contribution in [0.3, 0.4) is 0 Å². The Kier molecular flexibility index (Phi) is 5.06. The monoisotopic (exact) mass is 324 g/mol. The van der Waals surface area contributed by atoms with E-state index in [9.17, 15) is 4.79 Å². The van der Waals surface area contributed by atoms with Crippen molar-refractivity contribution in [3.8, 4) is 6.07 Å². The van der Waals surface area contributed by atoms with Gasteiger partial charge >= 0.3 is 0 Å². The first-order valence-electron chi connectivity index (χ1n) is 8.11. The number of hydrogen-bond acceptors (Lipinski definition) is 5. The fourth-order valence-electron chi connectivity index (χ4n) is 2.88. The summed E-state index contributed by atoms with van der Waals surface area (Å²) in [5.41, 5.74) is 0.561. The van der Waals surface area contributed by atoms with Crippen LogP contribution in [0.4, 0.5) is 5.82 Å². The van der Waals surface area contributed by atoms with E-state index in [0.29, 0.717) is 12.1 Å². The van der Waals surface area contributed by atoms with Crippen LogP contribution >= 0.6 is 0 Å². The van der Waals surface area contributed by atoms with Gasteiger partial charge in [-0.2, -0.15) is 5.26 Å². The van der Waals surface area contributed by atoms with Crippen LogP contribution in [0.2, 0.25) is 0 Å². The molecule has 0 aliphatic carbocycles. The molecule has 124 valence electrons. The molecular weight excluding hydrogens is 304 g/mol. The molecule has 3 rings (SSSR count). The molecule has 7 heteroatoms. The highest BCUT2D eigenvalue weighted by atomic mass is 16.1. The summed E-state index contributed by atoms with van der Waals surface area (Å²) in [5.74, 6) is 1.05. The first-order chi connectivity index (χ1) is 11.8. The third-order valence-electron chi connectivity index (χ3n) is 4.30. The molecule has 0 atom stereocenters. The van der Waals surface area contributed by atoms with E-state index >= 15 is 0 Å². The van der Waals surface area contributed by atoms with Crippen LogP contribution in [0.5, 0.6) is 0 Å². The number of imidazole rings is 1. The quantitative estimate of drug-likeness (QED) is 0.892. The molecule has 0 spiro atoms. The maximum atomic E-state index is 12.2. The minimum absolute atomic E-state index is 0.0578. The zero-order valence-corrected chi connectivity index (χ0v) is 13.4. The van der Waals surface area contributed by atoms with Crippen LogP contribution in [0.1, 0.15) is 18.4 Å². The van der Waals surface area contributed by atoms with E-state index in [2.05, 4.69) is 26.3 Å². The fourth-order valence-corrected chi connectivity index (χ4v) is 2.88. The van der Waals surface area contributed by atoms with E-state index < -0.39 is 0 Å². The van der Waals surface area contributed by atoms with Gasteiger partial charge in [0.25, 0.3) is 0 Å². The molecule has 0 bridgehead atoms. The van der Waals surface area contributed by atoms with Crippen molar-refractivity contribution in [1.82, 2.24) is 19.9 Å². The van der Waals surface area contributed by atoms with Gasteiger partial charge in [-0.15, -0.1) is 0 Å². The van der Waals surface area contributed by atoms with Gasteiger partial charge in [0, 0.05) is 50.7 Å². The van der Waals surface area contributed by atoms with Crippen LogP contribution in [-0.2, 0) is 11.3 Å². The average molecular weight is 324 g/mol. The molecule has 3 heterocycles. The van der Waals surface area contributed by atoms with Crippen molar-refractivity contribution in [2.45, 2.75) is 19.4 Å². The van der Waals surface area contributed by atoms with Gasteiger partial charge in [-0.25, -0.2) is 9.97 Å². The molecule has 1 amide bonds. The molecule has 0 aromatic carbocycles. The molecule has 1 saturated heterocycles. The SMILES string of the molecule is N#Cc1ccc(N2CCC(C(=O)NCCn3ccnc3)CC2)nc1. The molecule has 0 radical (unpaired) electrons. The second-order valence-corrected chi connectivity index (χ2v) is 5.87. The average Bonchev–Trinajstić information content (AvgIpc) is 3.15. The number of pyridine rings is 1. The summed E-state index contributed by atoms with van der Waals surface area (Å²) in [4.78, 5) is 22.7. The highest BCUT2D eigenvalue weighted by Crippen LogP contribution is 2.22. The number of nitrogens with one attached hydrogen (secondary N) is 1. The van der Waals surface area contributed by atoms with Crippen LogP contribution in [0, 0.1) is 17.2 Å². The number of hydrogen-bond donors (Lipinski definition) is 1. The Morgan fingerprint density at radius 2 is 2.21 bits per heavy atom. The van der Waals surface area contributed by atoms with Crippen molar-refractivity contribution < 1.29 is 4.79 Å². The molecule has 1 N–H and O–H groups in total. The van der Waals surface area contributed by atoms with Gasteiger partial charge in [-0.05, 0) is 25.0 Å². The Labute approximate surface area is 140 Å². The van der Waals surface area contributed by atoms with Crippen molar-refractivity contribution >= 4 is 11.7 Å². The molecular formula is C17H20N6O. The van der Waals surface area contributed by atoms with Crippen molar-refractivity contribution in [2.75, 3.05) is 24.5 Å². The Morgan fingerprint density at radius 1 is 1.38 bits per heavy atom. The Balaban J connectivity index is 1.44. The zero-order valence-electron chi connectivity index (χ0n) is 13.4. The molecule has 24 heavy (non-hydrogen) atoms. The number of rotatable bonds is 5. The number of nitrogens with zero attached hydrogens (tertiary/aromatic N) is 5. The zero-order chi connectivity index (χ0) is 16.8. The highest BCUT2D eigenvalue weighted by Gasteiger charge is 2.25. The second kappa shape index (κ2) is 7.59. The van der Waals surface area contributed by atoms with E-state index in [0.717, 1.165) is 38.3 Å². The maximum Gasteiger partial charge on any atom is 0.223 e. The predicted molar refractivity (Wildman–Crippen MR) is 89.1 cm³/mol. The molecule has 1 fully saturated rings. The first kappa shape index (κ1) is 16.0. The van der Waals surface area contributed by atoms with Gasteiger partial charge in [0.1, 0.15) is 11.9 Å². The second-order valence-electron chi connectivity index (χ2n) is 5.87. The summed E-state index contributed by atoms with van der Waals surface area (Å²) >= 11 is 0. The Morgan fingerprint density at radius 3 is 2.83 bits per heavy atom. The lowest BCUT2D eigenvalue weighted by Crippen LogP contribution is -2.41. The lowest BCUT2D eigenvalue weighted by molar-refractivity contribution is -0.125. The fraction of sp³-hybridized carbons (Fsp3) is 0.412. The number of aromatic nitrogens is 3. The molecule has 1 aliphatic heterocycles. The van der Waals surface area contributed by atoms with Gasteiger partial charge in [0.15, 0.2) is 0 Å². The number of carbonyl (C=O) groups is 1. The Bertz CT molecular complexity index is 696. The van der Waals surface area contributed by atoms with E-state index in [4.69, 9.17) is 5.26 Å². The molecule has 2 aromatic heterocycles. The standard InChI is InChI=1S/C17H20N6O/c18-11-14-1-2-16(21-12-14)23-7-3-15(4-8-23)17(24)20-6-10-22-9-5-19-13-22/h1-2,5,9,12-13,15H,3-4,6-8,10H2,(H,20,24). The number of anilines is 1. The van der Waals surface area contributed by atoms with Crippen molar-refractivity contribution in [2.24, 2.45) is 5.92 Å². The van der Waals surface area contributed by atoms with Crippen LogP contribution in [0.15, 0.2) is 37.1 Å². The summed E-state index contributed by atoms with van der Waals surface area (Å²) < 4.78 is 1.94. The maximum absolute atomic E-state index is 12.2. The highest BCUT2D eigenvalue weighted by molar-refractivity contribution is 5.78. The van der Waals surface area contributed by atoms with Gasteiger partial charge in [0.05, 0.1) is 11.9 Å². The topological polar surface area (TPSA) is 86.8 Å². The van der Waals surface area contributed by atoms with Gasteiger partial charge < -0.3 is 14.8 Å².